The Morgan fingerprint density at radius 2 is 1.60 bits per heavy atom. The van der Waals surface area contributed by atoms with Crippen molar-refractivity contribution in [3.8, 4) is 11.1 Å². The minimum atomic E-state index is -0.347. The number of ether oxygens (including phenoxy) is 1. The molecule has 0 unspecified atom stereocenters. The summed E-state index contributed by atoms with van der Waals surface area (Å²) in [6, 6.07) is 15.1. The number of rotatable bonds is 7. The van der Waals surface area contributed by atoms with Crippen LogP contribution in [0.25, 0.3) is 11.1 Å². The summed E-state index contributed by atoms with van der Waals surface area (Å²) in [5.74, 6) is -0.442. The van der Waals surface area contributed by atoms with Gasteiger partial charge in [-0.1, -0.05) is 48.5 Å². The van der Waals surface area contributed by atoms with Crippen molar-refractivity contribution in [3.63, 3.8) is 0 Å². The molecule has 2 rings (SSSR count). The molecule has 0 saturated heterocycles. The monoisotopic (exact) mass is 339 g/mol. The van der Waals surface area contributed by atoms with Crippen molar-refractivity contribution in [2.24, 2.45) is 5.73 Å². The minimum absolute atomic E-state index is 0.0418. The maximum absolute atomic E-state index is 11.8. The zero-order valence-electron chi connectivity index (χ0n) is 14.0. The number of carbonyl (C=O) groups excluding carboxylic acids is 2. The molecule has 6 nitrogen and oxygen atoms in total. The van der Waals surface area contributed by atoms with Crippen LogP contribution in [0.2, 0.25) is 0 Å². The molecule has 25 heavy (non-hydrogen) atoms. The normalized spacial score (nSPS) is 10.1. The number of carbonyl (C=O) groups is 2. The number of benzene rings is 2. The van der Waals surface area contributed by atoms with E-state index in [4.69, 9.17) is 11.1 Å². The highest BCUT2D eigenvalue weighted by Gasteiger charge is 2.06. The smallest absolute Gasteiger partial charge is 0.307 e. The first-order valence-corrected chi connectivity index (χ1v) is 7.87. The highest BCUT2D eigenvalue weighted by Crippen LogP contribution is 2.20. The molecular formula is C19H21N3O3. The summed E-state index contributed by atoms with van der Waals surface area (Å²) in [6.45, 7) is 0.270. The lowest BCUT2D eigenvalue weighted by molar-refractivity contribution is -0.140. The number of amides is 1. The average molecular weight is 339 g/mol. The third-order valence-corrected chi connectivity index (χ3v) is 3.73. The second-order valence-electron chi connectivity index (χ2n) is 5.54. The zero-order valence-corrected chi connectivity index (χ0v) is 14.0. The lowest BCUT2D eigenvalue weighted by Crippen LogP contribution is -2.27. The van der Waals surface area contributed by atoms with E-state index in [0.717, 1.165) is 16.7 Å². The average Bonchev–Trinajstić information content (AvgIpc) is 2.62. The maximum atomic E-state index is 11.8. The van der Waals surface area contributed by atoms with Gasteiger partial charge in [0.2, 0.25) is 5.91 Å². The molecule has 130 valence electrons. The van der Waals surface area contributed by atoms with E-state index in [2.05, 4.69) is 10.1 Å². The summed E-state index contributed by atoms with van der Waals surface area (Å²) < 4.78 is 4.52. The van der Waals surface area contributed by atoms with Crippen LogP contribution in [-0.2, 0) is 20.7 Å². The fraction of sp³-hybridized carbons (Fsp3) is 0.211. The fourth-order valence-corrected chi connectivity index (χ4v) is 2.31. The van der Waals surface area contributed by atoms with E-state index in [1.807, 2.05) is 36.4 Å². The number of nitrogen functional groups attached to an aromatic ring is 1. The highest BCUT2D eigenvalue weighted by molar-refractivity contribution is 5.95. The molecule has 0 radical (unpaired) electrons. The Hall–Kier alpha value is -3.15. The zero-order chi connectivity index (χ0) is 18.2. The third-order valence-electron chi connectivity index (χ3n) is 3.73. The van der Waals surface area contributed by atoms with E-state index < -0.39 is 0 Å². The number of methoxy groups -OCH3 is 1. The summed E-state index contributed by atoms with van der Waals surface area (Å²) in [5, 5.41) is 10.1. The van der Waals surface area contributed by atoms with Gasteiger partial charge in [0.15, 0.2) is 0 Å². The largest absolute Gasteiger partial charge is 0.469 e. The lowest BCUT2D eigenvalue weighted by Gasteiger charge is -2.07. The van der Waals surface area contributed by atoms with Gasteiger partial charge in [0.1, 0.15) is 5.84 Å². The first-order valence-electron chi connectivity index (χ1n) is 7.87. The van der Waals surface area contributed by atoms with Crippen LogP contribution in [0.4, 0.5) is 0 Å². The van der Waals surface area contributed by atoms with Crippen LogP contribution in [0.3, 0.4) is 0 Å². The van der Waals surface area contributed by atoms with Crippen LogP contribution in [0, 0.1) is 5.41 Å². The molecule has 1 amide bonds. The van der Waals surface area contributed by atoms with Gasteiger partial charge >= 0.3 is 5.97 Å². The Morgan fingerprint density at radius 3 is 2.12 bits per heavy atom. The molecule has 0 aromatic heterocycles. The summed E-state index contributed by atoms with van der Waals surface area (Å²) in [6.07, 6.45) is 0.419. The molecule has 6 heteroatoms. The van der Waals surface area contributed by atoms with Gasteiger partial charge in [0.25, 0.3) is 0 Å². The van der Waals surface area contributed by atoms with Crippen molar-refractivity contribution in [2.45, 2.75) is 12.8 Å². The van der Waals surface area contributed by atoms with Gasteiger partial charge < -0.3 is 15.8 Å². The van der Waals surface area contributed by atoms with Crippen LogP contribution < -0.4 is 11.1 Å². The number of hydrogen-bond acceptors (Lipinski definition) is 4. The third kappa shape index (κ3) is 5.46. The first kappa shape index (κ1) is 18.2. The number of nitrogens with one attached hydrogen (secondary N) is 2. The standard InChI is InChI=1S/C19H21N3O3/c1-25-18(24)10-11-22-17(23)12-13-2-4-14(5-3-13)15-6-8-16(9-7-15)19(20)21/h2-9H,10-12H2,1H3,(H3,20,21)(H,22,23). The van der Waals surface area contributed by atoms with Gasteiger partial charge in [-0.25, -0.2) is 0 Å². The second-order valence-corrected chi connectivity index (χ2v) is 5.54. The van der Waals surface area contributed by atoms with Crippen LogP contribution >= 0.6 is 0 Å². The second kappa shape index (κ2) is 8.63. The lowest BCUT2D eigenvalue weighted by atomic mass is 10.0. The van der Waals surface area contributed by atoms with Crippen molar-refractivity contribution in [1.82, 2.24) is 5.32 Å². The van der Waals surface area contributed by atoms with E-state index >= 15 is 0 Å². The van der Waals surface area contributed by atoms with Crippen molar-refractivity contribution < 1.29 is 14.3 Å². The van der Waals surface area contributed by atoms with Crippen molar-refractivity contribution >= 4 is 17.7 Å². The molecule has 0 spiro atoms. The summed E-state index contributed by atoms with van der Waals surface area (Å²) in [7, 11) is 1.32. The quantitative estimate of drug-likeness (QED) is 0.407. The number of hydrogen-bond donors (Lipinski definition) is 3. The first-order chi connectivity index (χ1) is 12.0. The molecule has 0 fully saturated rings. The Bertz CT molecular complexity index is 752. The van der Waals surface area contributed by atoms with E-state index in [-0.39, 0.29) is 37.1 Å². The molecule has 2 aromatic rings. The number of nitrogens with two attached hydrogens (primary N) is 1. The summed E-state index contributed by atoms with van der Waals surface area (Å²) in [4.78, 5) is 22.8. The van der Waals surface area contributed by atoms with E-state index in [1.165, 1.54) is 7.11 Å². The number of amidine groups is 1. The van der Waals surface area contributed by atoms with E-state index in [0.29, 0.717) is 5.56 Å². The van der Waals surface area contributed by atoms with Gasteiger partial charge in [0.05, 0.1) is 20.0 Å². The van der Waals surface area contributed by atoms with Gasteiger partial charge in [0, 0.05) is 12.1 Å². The molecule has 0 aliphatic rings. The topological polar surface area (TPSA) is 105 Å². The predicted octanol–water partition coefficient (Wildman–Crippen LogP) is 1.86. The summed E-state index contributed by atoms with van der Waals surface area (Å²) in [5.41, 5.74) is 9.05. The molecule has 0 atom stereocenters. The maximum Gasteiger partial charge on any atom is 0.307 e. The Kier molecular flexibility index (Phi) is 6.28. The molecular weight excluding hydrogens is 318 g/mol. The van der Waals surface area contributed by atoms with E-state index in [1.54, 1.807) is 12.1 Å². The number of esters is 1. The van der Waals surface area contributed by atoms with Gasteiger partial charge in [-0.15, -0.1) is 0 Å². The van der Waals surface area contributed by atoms with Gasteiger partial charge in [-0.2, -0.15) is 0 Å². The predicted molar refractivity (Wildman–Crippen MR) is 96.2 cm³/mol. The van der Waals surface area contributed by atoms with Gasteiger partial charge in [-0.05, 0) is 16.7 Å². The van der Waals surface area contributed by atoms with Crippen LogP contribution in [-0.4, -0.2) is 31.4 Å². The fourth-order valence-electron chi connectivity index (χ4n) is 2.31. The van der Waals surface area contributed by atoms with Crippen molar-refractivity contribution in [1.29, 1.82) is 5.41 Å². The molecule has 2 aromatic carbocycles. The highest BCUT2D eigenvalue weighted by atomic mass is 16.5. The molecule has 0 bridgehead atoms. The molecule has 0 aliphatic carbocycles. The minimum Gasteiger partial charge on any atom is -0.469 e. The molecule has 0 heterocycles. The van der Waals surface area contributed by atoms with Gasteiger partial charge in [-0.3, -0.25) is 15.0 Å². The van der Waals surface area contributed by atoms with Crippen molar-refractivity contribution in [2.75, 3.05) is 13.7 Å². The van der Waals surface area contributed by atoms with Crippen molar-refractivity contribution in [3.05, 3.63) is 59.7 Å². The Morgan fingerprint density at radius 1 is 1.04 bits per heavy atom. The van der Waals surface area contributed by atoms with Crippen LogP contribution in [0.1, 0.15) is 17.5 Å². The Balaban J connectivity index is 1.92. The molecule has 0 aliphatic heterocycles. The van der Waals surface area contributed by atoms with Crippen LogP contribution in [0.15, 0.2) is 48.5 Å². The van der Waals surface area contributed by atoms with Crippen LogP contribution in [0.5, 0.6) is 0 Å². The molecule has 4 N–H and O–H groups in total. The SMILES string of the molecule is COC(=O)CCNC(=O)Cc1ccc(-c2ccc(C(=N)N)cc2)cc1. The Labute approximate surface area is 146 Å². The molecule has 0 saturated carbocycles. The summed E-state index contributed by atoms with van der Waals surface area (Å²) >= 11 is 0. The van der Waals surface area contributed by atoms with E-state index in [9.17, 15) is 9.59 Å².